The molecule has 0 aromatic carbocycles. The highest BCUT2D eigenvalue weighted by Gasteiger charge is 2.16. The van der Waals surface area contributed by atoms with Crippen molar-refractivity contribution in [3.8, 4) is 0 Å². The second-order valence-corrected chi connectivity index (χ2v) is 4.20. The first-order chi connectivity index (χ1) is 8.22. The van der Waals surface area contributed by atoms with Gasteiger partial charge in [0.05, 0.1) is 13.0 Å². The Balaban J connectivity index is 2.13. The second kappa shape index (κ2) is 5.17. The van der Waals surface area contributed by atoms with Gasteiger partial charge in [0.2, 0.25) is 0 Å². The first-order valence-corrected chi connectivity index (χ1v) is 6.09. The van der Waals surface area contributed by atoms with E-state index < -0.39 is 0 Å². The maximum Gasteiger partial charge on any atom is 0.307 e. The first kappa shape index (κ1) is 11.9. The summed E-state index contributed by atoms with van der Waals surface area (Å²) in [5.41, 5.74) is 2.32. The van der Waals surface area contributed by atoms with Crippen molar-refractivity contribution in [1.82, 2.24) is 4.57 Å². The van der Waals surface area contributed by atoms with Crippen molar-refractivity contribution in [2.45, 2.75) is 39.2 Å². The SMILES string of the molecule is CCOC(=O)CCn1c2c(ccc1=O)CCC2. The Bertz CT molecular complexity index is 476. The Morgan fingerprint density at radius 2 is 2.24 bits per heavy atom. The molecular weight excluding hydrogens is 218 g/mol. The number of aryl methyl sites for hydroxylation is 1. The average Bonchev–Trinajstić information content (AvgIpc) is 2.76. The monoisotopic (exact) mass is 235 g/mol. The Hall–Kier alpha value is -1.58. The number of nitrogens with zero attached hydrogens (tertiary/aromatic N) is 1. The molecule has 0 saturated carbocycles. The van der Waals surface area contributed by atoms with Crippen molar-refractivity contribution in [3.05, 3.63) is 33.7 Å². The summed E-state index contributed by atoms with van der Waals surface area (Å²) in [5, 5.41) is 0. The van der Waals surface area contributed by atoms with Gasteiger partial charge in [-0.3, -0.25) is 9.59 Å². The van der Waals surface area contributed by atoms with Gasteiger partial charge in [0.25, 0.3) is 5.56 Å². The van der Waals surface area contributed by atoms with Crippen LogP contribution in [0, 0.1) is 0 Å². The Morgan fingerprint density at radius 1 is 1.41 bits per heavy atom. The highest BCUT2D eigenvalue weighted by atomic mass is 16.5. The minimum Gasteiger partial charge on any atom is -0.466 e. The van der Waals surface area contributed by atoms with Gasteiger partial charge in [0.15, 0.2) is 0 Å². The van der Waals surface area contributed by atoms with Crippen molar-refractivity contribution >= 4 is 5.97 Å². The summed E-state index contributed by atoms with van der Waals surface area (Å²) in [6, 6.07) is 3.50. The number of aromatic nitrogens is 1. The zero-order valence-corrected chi connectivity index (χ0v) is 10.1. The smallest absolute Gasteiger partial charge is 0.307 e. The molecule has 0 unspecified atom stereocenters. The van der Waals surface area contributed by atoms with E-state index in [1.807, 2.05) is 6.07 Å². The number of hydrogen-bond acceptors (Lipinski definition) is 3. The summed E-state index contributed by atoms with van der Waals surface area (Å²) >= 11 is 0. The average molecular weight is 235 g/mol. The number of esters is 1. The largest absolute Gasteiger partial charge is 0.466 e. The Kier molecular flexibility index (Phi) is 3.61. The number of hydrogen-bond donors (Lipinski definition) is 0. The number of carbonyl (C=O) groups is 1. The molecule has 1 aromatic heterocycles. The van der Waals surface area contributed by atoms with E-state index in [0.29, 0.717) is 13.2 Å². The molecule has 1 aliphatic rings. The molecule has 0 amide bonds. The van der Waals surface area contributed by atoms with Gasteiger partial charge >= 0.3 is 5.97 Å². The number of carbonyl (C=O) groups excluding carboxylic acids is 1. The highest BCUT2D eigenvalue weighted by Crippen LogP contribution is 2.19. The fourth-order valence-electron chi connectivity index (χ4n) is 2.32. The van der Waals surface area contributed by atoms with E-state index in [1.54, 1.807) is 17.6 Å². The van der Waals surface area contributed by atoms with Crippen molar-refractivity contribution in [2.24, 2.45) is 0 Å². The molecule has 92 valence electrons. The molecule has 0 atom stereocenters. The zero-order valence-electron chi connectivity index (χ0n) is 10.1. The molecule has 4 nitrogen and oxygen atoms in total. The normalized spacial score (nSPS) is 13.5. The maximum absolute atomic E-state index is 11.8. The summed E-state index contributed by atoms with van der Waals surface area (Å²) < 4.78 is 6.59. The van der Waals surface area contributed by atoms with E-state index in [-0.39, 0.29) is 17.9 Å². The third-order valence-electron chi connectivity index (χ3n) is 3.09. The van der Waals surface area contributed by atoms with Crippen LogP contribution in [0.1, 0.15) is 31.0 Å². The quantitative estimate of drug-likeness (QED) is 0.739. The van der Waals surface area contributed by atoms with Crippen LogP contribution in [0.3, 0.4) is 0 Å². The lowest BCUT2D eigenvalue weighted by molar-refractivity contribution is -0.143. The van der Waals surface area contributed by atoms with Gasteiger partial charge in [0, 0.05) is 18.3 Å². The third kappa shape index (κ3) is 2.57. The van der Waals surface area contributed by atoms with E-state index in [9.17, 15) is 9.59 Å². The first-order valence-electron chi connectivity index (χ1n) is 6.09. The number of ether oxygens (including phenoxy) is 1. The molecule has 0 N–H and O–H groups in total. The predicted molar refractivity (Wildman–Crippen MR) is 64.0 cm³/mol. The highest BCUT2D eigenvalue weighted by molar-refractivity contribution is 5.69. The van der Waals surface area contributed by atoms with E-state index in [1.165, 1.54) is 5.56 Å². The van der Waals surface area contributed by atoms with Crippen LogP contribution in [-0.4, -0.2) is 17.1 Å². The molecular formula is C13H17NO3. The molecule has 0 spiro atoms. The van der Waals surface area contributed by atoms with Gasteiger partial charge in [-0.2, -0.15) is 0 Å². The minimum atomic E-state index is -0.241. The minimum absolute atomic E-state index is 0.0186. The molecule has 2 rings (SSSR count). The molecule has 0 fully saturated rings. The van der Waals surface area contributed by atoms with E-state index >= 15 is 0 Å². The fourth-order valence-corrected chi connectivity index (χ4v) is 2.32. The Labute approximate surface area is 100 Å². The van der Waals surface area contributed by atoms with Crippen LogP contribution >= 0.6 is 0 Å². The molecule has 1 aromatic rings. The lowest BCUT2D eigenvalue weighted by Gasteiger charge is -2.11. The molecule has 1 aliphatic carbocycles. The molecule has 17 heavy (non-hydrogen) atoms. The van der Waals surface area contributed by atoms with Gasteiger partial charge in [-0.05, 0) is 31.7 Å². The summed E-state index contributed by atoms with van der Waals surface area (Å²) in [6.07, 6.45) is 3.34. The van der Waals surface area contributed by atoms with Gasteiger partial charge in [-0.1, -0.05) is 6.07 Å². The number of fused-ring (bicyclic) bond motifs is 1. The summed E-state index contributed by atoms with van der Waals surface area (Å²) in [7, 11) is 0. The zero-order chi connectivity index (χ0) is 12.3. The van der Waals surface area contributed by atoms with E-state index in [4.69, 9.17) is 4.74 Å². The van der Waals surface area contributed by atoms with Crippen molar-refractivity contribution in [3.63, 3.8) is 0 Å². The molecule has 0 saturated heterocycles. The molecule has 0 radical (unpaired) electrons. The standard InChI is InChI=1S/C13H17NO3/c1-2-17-13(16)8-9-14-11-5-3-4-10(11)6-7-12(14)15/h6-7H,2-5,8-9H2,1H3. The number of pyridine rings is 1. The van der Waals surface area contributed by atoms with Crippen molar-refractivity contribution < 1.29 is 9.53 Å². The molecule has 0 bridgehead atoms. The summed E-state index contributed by atoms with van der Waals surface area (Å²) in [5.74, 6) is -0.241. The van der Waals surface area contributed by atoms with Crippen LogP contribution in [0.2, 0.25) is 0 Å². The Morgan fingerprint density at radius 3 is 3.00 bits per heavy atom. The van der Waals surface area contributed by atoms with Crippen LogP contribution in [-0.2, 0) is 28.9 Å². The van der Waals surface area contributed by atoms with Crippen LogP contribution in [0.5, 0.6) is 0 Å². The molecule has 4 heteroatoms. The van der Waals surface area contributed by atoms with Crippen molar-refractivity contribution in [1.29, 1.82) is 0 Å². The van der Waals surface area contributed by atoms with E-state index in [2.05, 4.69) is 0 Å². The van der Waals surface area contributed by atoms with Crippen LogP contribution in [0.4, 0.5) is 0 Å². The second-order valence-electron chi connectivity index (χ2n) is 4.20. The fraction of sp³-hybridized carbons (Fsp3) is 0.538. The van der Waals surface area contributed by atoms with E-state index in [0.717, 1.165) is 25.0 Å². The van der Waals surface area contributed by atoms with Gasteiger partial charge in [0.1, 0.15) is 0 Å². The van der Waals surface area contributed by atoms with Crippen LogP contribution in [0.15, 0.2) is 16.9 Å². The van der Waals surface area contributed by atoms with Gasteiger partial charge in [-0.25, -0.2) is 0 Å². The lowest BCUT2D eigenvalue weighted by atomic mass is 10.2. The van der Waals surface area contributed by atoms with Gasteiger partial charge in [-0.15, -0.1) is 0 Å². The van der Waals surface area contributed by atoms with Crippen LogP contribution < -0.4 is 5.56 Å². The maximum atomic E-state index is 11.8. The topological polar surface area (TPSA) is 48.3 Å². The summed E-state index contributed by atoms with van der Waals surface area (Å²) in [4.78, 5) is 23.1. The predicted octanol–water partition coefficient (Wildman–Crippen LogP) is 1.29. The summed E-state index contributed by atoms with van der Waals surface area (Å²) in [6.45, 7) is 2.60. The number of rotatable bonds is 4. The molecule has 0 aliphatic heterocycles. The lowest BCUT2D eigenvalue weighted by Crippen LogP contribution is -2.24. The molecule has 1 heterocycles. The van der Waals surface area contributed by atoms with Crippen LogP contribution in [0.25, 0.3) is 0 Å². The van der Waals surface area contributed by atoms with Gasteiger partial charge < -0.3 is 9.30 Å². The third-order valence-corrected chi connectivity index (χ3v) is 3.09. The van der Waals surface area contributed by atoms with Crippen molar-refractivity contribution in [2.75, 3.05) is 6.61 Å².